The van der Waals surface area contributed by atoms with Crippen LogP contribution in [0.15, 0.2) is 16.9 Å². The van der Waals surface area contributed by atoms with Crippen LogP contribution in [0.4, 0.5) is 0 Å². The first-order chi connectivity index (χ1) is 10.4. The van der Waals surface area contributed by atoms with E-state index in [0.29, 0.717) is 6.29 Å². The SMILES string of the molecule is CCc1cc(C)cc(CC)c1-c1c(O)c(C=O)nn(C)c1=O. The zero-order chi connectivity index (χ0) is 16.4. The van der Waals surface area contributed by atoms with Gasteiger partial charge in [0.25, 0.3) is 5.56 Å². The lowest BCUT2D eigenvalue weighted by molar-refractivity contribution is 0.111. The maximum Gasteiger partial charge on any atom is 0.278 e. The monoisotopic (exact) mass is 300 g/mol. The Labute approximate surface area is 129 Å². The van der Waals surface area contributed by atoms with E-state index >= 15 is 0 Å². The zero-order valence-corrected chi connectivity index (χ0v) is 13.3. The molecule has 0 saturated carbocycles. The standard InChI is InChI=1S/C17H20N2O3/c1-5-11-7-10(3)8-12(6-2)14(11)15-16(21)13(9-20)18-19(4)17(15)22/h7-9,21H,5-6H2,1-4H3. The van der Waals surface area contributed by atoms with E-state index in [1.54, 1.807) is 0 Å². The number of hydrogen-bond donors (Lipinski definition) is 1. The highest BCUT2D eigenvalue weighted by molar-refractivity contribution is 5.84. The van der Waals surface area contributed by atoms with Gasteiger partial charge >= 0.3 is 0 Å². The Hall–Kier alpha value is -2.43. The molecule has 0 radical (unpaired) electrons. The molecular formula is C17H20N2O3. The van der Waals surface area contributed by atoms with Crippen LogP contribution in [0.5, 0.6) is 5.75 Å². The fraction of sp³-hybridized carbons (Fsp3) is 0.353. The number of rotatable bonds is 4. The van der Waals surface area contributed by atoms with Crippen molar-refractivity contribution in [1.82, 2.24) is 9.78 Å². The molecule has 0 aliphatic rings. The van der Waals surface area contributed by atoms with Gasteiger partial charge in [-0.05, 0) is 36.5 Å². The van der Waals surface area contributed by atoms with Gasteiger partial charge in [-0.15, -0.1) is 0 Å². The maximum absolute atomic E-state index is 12.5. The van der Waals surface area contributed by atoms with Crippen LogP contribution in [0, 0.1) is 6.92 Å². The Balaban J connectivity index is 2.97. The number of aldehydes is 1. The Bertz CT molecular complexity index is 766. The molecule has 2 aromatic rings. The van der Waals surface area contributed by atoms with Gasteiger partial charge in [-0.1, -0.05) is 31.5 Å². The lowest BCUT2D eigenvalue weighted by Gasteiger charge is -2.16. The molecule has 1 aromatic carbocycles. The number of aromatic hydroxyl groups is 1. The second kappa shape index (κ2) is 6.13. The average Bonchev–Trinajstić information content (AvgIpc) is 2.51. The number of aryl methyl sites for hydroxylation is 4. The molecule has 0 unspecified atom stereocenters. The van der Waals surface area contributed by atoms with Crippen LogP contribution >= 0.6 is 0 Å². The van der Waals surface area contributed by atoms with Gasteiger partial charge in [0.1, 0.15) is 0 Å². The van der Waals surface area contributed by atoms with Crippen molar-refractivity contribution in [3.8, 4) is 16.9 Å². The van der Waals surface area contributed by atoms with Crippen LogP contribution in [-0.4, -0.2) is 21.2 Å². The van der Waals surface area contributed by atoms with Gasteiger partial charge in [-0.3, -0.25) is 9.59 Å². The van der Waals surface area contributed by atoms with E-state index < -0.39 is 5.56 Å². The summed E-state index contributed by atoms with van der Waals surface area (Å²) >= 11 is 0. The minimum atomic E-state index is -0.406. The number of nitrogens with zero attached hydrogens (tertiary/aromatic N) is 2. The molecule has 0 aliphatic heterocycles. The van der Waals surface area contributed by atoms with Crippen LogP contribution < -0.4 is 5.56 Å². The Morgan fingerprint density at radius 1 is 1.18 bits per heavy atom. The summed E-state index contributed by atoms with van der Waals surface area (Å²) in [7, 11) is 1.48. The third kappa shape index (κ3) is 2.54. The third-order valence-electron chi connectivity index (χ3n) is 3.81. The molecule has 22 heavy (non-hydrogen) atoms. The smallest absolute Gasteiger partial charge is 0.278 e. The molecular weight excluding hydrogens is 280 g/mol. The molecule has 5 nitrogen and oxygen atoms in total. The summed E-state index contributed by atoms with van der Waals surface area (Å²) in [5.41, 5.74) is 3.42. The van der Waals surface area contributed by atoms with Crippen molar-refractivity contribution in [3.05, 3.63) is 44.9 Å². The molecule has 1 aromatic heterocycles. The van der Waals surface area contributed by atoms with Crippen molar-refractivity contribution >= 4 is 6.29 Å². The number of carbonyl (C=O) groups excluding carboxylic acids is 1. The van der Waals surface area contributed by atoms with Crippen molar-refractivity contribution in [1.29, 1.82) is 0 Å². The van der Waals surface area contributed by atoms with Crippen molar-refractivity contribution in [2.75, 3.05) is 0 Å². The second-order valence-electron chi connectivity index (χ2n) is 5.32. The molecule has 0 fully saturated rings. The Kier molecular flexibility index (Phi) is 4.45. The molecule has 5 heteroatoms. The summed E-state index contributed by atoms with van der Waals surface area (Å²) in [6.45, 7) is 6.01. The first kappa shape index (κ1) is 15.9. The van der Waals surface area contributed by atoms with Gasteiger partial charge in [0.15, 0.2) is 17.7 Å². The summed E-state index contributed by atoms with van der Waals surface area (Å²) in [6.07, 6.45) is 1.92. The molecule has 1 heterocycles. The molecule has 1 N–H and O–H groups in total. The fourth-order valence-corrected chi connectivity index (χ4v) is 2.77. The number of benzene rings is 1. The van der Waals surface area contributed by atoms with Crippen LogP contribution in [0.3, 0.4) is 0 Å². The molecule has 0 bridgehead atoms. The van der Waals surface area contributed by atoms with Crippen LogP contribution in [0.2, 0.25) is 0 Å². The van der Waals surface area contributed by atoms with E-state index in [2.05, 4.69) is 5.10 Å². The Morgan fingerprint density at radius 2 is 1.73 bits per heavy atom. The van der Waals surface area contributed by atoms with Crippen molar-refractivity contribution in [2.24, 2.45) is 7.05 Å². The highest BCUT2D eigenvalue weighted by Crippen LogP contribution is 2.34. The van der Waals surface area contributed by atoms with Gasteiger partial charge in [-0.2, -0.15) is 5.10 Å². The molecule has 116 valence electrons. The molecule has 0 aliphatic carbocycles. The molecule has 0 saturated heterocycles. The number of aromatic nitrogens is 2. The normalized spacial score (nSPS) is 10.7. The van der Waals surface area contributed by atoms with E-state index in [4.69, 9.17) is 0 Å². The van der Waals surface area contributed by atoms with E-state index in [1.165, 1.54) is 7.05 Å². The first-order valence-corrected chi connectivity index (χ1v) is 7.32. The quantitative estimate of drug-likeness (QED) is 0.880. The summed E-state index contributed by atoms with van der Waals surface area (Å²) < 4.78 is 1.09. The minimum Gasteiger partial charge on any atom is -0.505 e. The number of hydrogen-bond acceptors (Lipinski definition) is 4. The highest BCUT2D eigenvalue weighted by Gasteiger charge is 2.21. The minimum absolute atomic E-state index is 0.123. The fourth-order valence-electron chi connectivity index (χ4n) is 2.77. The first-order valence-electron chi connectivity index (χ1n) is 7.32. The van der Waals surface area contributed by atoms with Gasteiger partial charge in [0.05, 0.1) is 5.56 Å². The van der Waals surface area contributed by atoms with E-state index in [0.717, 1.165) is 39.8 Å². The summed E-state index contributed by atoms with van der Waals surface area (Å²) in [5, 5.41) is 14.1. The third-order valence-corrected chi connectivity index (χ3v) is 3.81. The predicted octanol–water partition coefficient (Wildman–Crippen LogP) is 2.40. The predicted molar refractivity (Wildman–Crippen MR) is 85.5 cm³/mol. The molecule has 0 atom stereocenters. The average molecular weight is 300 g/mol. The molecule has 0 spiro atoms. The lowest BCUT2D eigenvalue weighted by atomic mass is 9.90. The van der Waals surface area contributed by atoms with Gasteiger partial charge in [0, 0.05) is 7.05 Å². The van der Waals surface area contributed by atoms with Crippen LogP contribution in [0.25, 0.3) is 11.1 Å². The highest BCUT2D eigenvalue weighted by atomic mass is 16.3. The van der Waals surface area contributed by atoms with Gasteiger partial charge < -0.3 is 5.11 Å². The summed E-state index contributed by atoms with van der Waals surface area (Å²) in [5.74, 6) is -0.341. The van der Waals surface area contributed by atoms with E-state index in [-0.39, 0.29) is 17.0 Å². The lowest BCUT2D eigenvalue weighted by Crippen LogP contribution is -2.24. The second-order valence-corrected chi connectivity index (χ2v) is 5.32. The summed E-state index contributed by atoms with van der Waals surface area (Å²) in [6, 6.07) is 4.02. The van der Waals surface area contributed by atoms with Crippen molar-refractivity contribution in [3.63, 3.8) is 0 Å². The largest absolute Gasteiger partial charge is 0.505 e. The van der Waals surface area contributed by atoms with Crippen LogP contribution in [-0.2, 0) is 19.9 Å². The molecule has 0 amide bonds. The van der Waals surface area contributed by atoms with Crippen molar-refractivity contribution in [2.45, 2.75) is 33.6 Å². The topological polar surface area (TPSA) is 72.2 Å². The maximum atomic E-state index is 12.5. The zero-order valence-electron chi connectivity index (χ0n) is 13.3. The number of carbonyl (C=O) groups is 1. The van der Waals surface area contributed by atoms with E-state index in [1.807, 2.05) is 32.9 Å². The van der Waals surface area contributed by atoms with Crippen molar-refractivity contribution < 1.29 is 9.90 Å². The van der Waals surface area contributed by atoms with Gasteiger partial charge in [-0.25, -0.2) is 4.68 Å². The van der Waals surface area contributed by atoms with Crippen LogP contribution in [0.1, 0.15) is 41.0 Å². The molecule has 2 rings (SSSR count). The summed E-state index contributed by atoms with van der Waals surface area (Å²) in [4.78, 5) is 23.6. The Morgan fingerprint density at radius 3 is 2.18 bits per heavy atom. The van der Waals surface area contributed by atoms with E-state index in [9.17, 15) is 14.7 Å². The van der Waals surface area contributed by atoms with Gasteiger partial charge in [0.2, 0.25) is 0 Å².